The molecule has 14 heavy (non-hydrogen) atoms. The molecule has 0 aliphatic carbocycles. The van der Waals surface area contributed by atoms with Crippen LogP contribution in [0.25, 0.3) is 0 Å². The molecule has 0 saturated carbocycles. The average Bonchev–Trinajstić information content (AvgIpc) is 2.21. The number of ether oxygens (including phenoxy) is 1. The lowest BCUT2D eigenvalue weighted by Gasteiger charge is -2.04. The van der Waals surface area contributed by atoms with E-state index < -0.39 is 0 Å². The second kappa shape index (κ2) is 5.65. The molecule has 76 valence electrons. The zero-order valence-corrected chi connectivity index (χ0v) is 9.29. The summed E-state index contributed by atoms with van der Waals surface area (Å²) in [5.41, 5.74) is 6.21. The number of hydrogen-bond acceptors (Lipinski definition) is 3. The molecule has 0 spiro atoms. The molecule has 0 aromatic heterocycles. The number of benzene rings is 1. The first-order valence-electron chi connectivity index (χ1n) is 4.28. The maximum absolute atomic E-state index is 10.9. The molecule has 1 aromatic carbocycles. The normalized spacial score (nSPS) is 9.79. The zero-order chi connectivity index (χ0) is 10.4. The van der Waals surface area contributed by atoms with Crippen molar-refractivity contribution in [1.82, 2.24) is 0 Å². The number of rotatable bonds is 5. The van der Waals surface area contributed by atoms with E-state index in [1.54, 1.807) is 24.3 Å². The Morgan fingerprint density at radius 3 is 2.57 bits per heavy atom. The monoisotopic (exact) mass is 257 g/mol. The topological polar surface area (TPSA) is 52.3 Å². The highest BCUT2D eigenvalue weighted by molar-refractivity contribution is 9.09. The van der Waals surface area contributed by atoms with Gasteiger partial charge in [-0.1, -0.05) is 15.9 Å². The fourth-order valence-corrected chi connectivity index (χ4v) is 1.19. The minimum atomic E-state index is 0.139. The Kier molecular flexibility index (Phi) is 4.46. The van der Waals surface area contributed by atoms with Crippen molar-refractivity contribution in [3.8, 4) is 5.75 Å². The first kappa shape index (κ1) is 11.0. The van der Waals surface area contributed by atoms with Crippen LogP contribution in [-0.2, 0) is 4.79 Å². The molecule has 1 aromatic rings. The predicted octanol–water partition coefficient (Wildman–Crippen LogP) is 2.00. The van der Waals surface area contributed by atoms with Crippen LogP contribution in [0.4, 0.5) is 5.69 Å². The highest BCUT2D eigenvalue weighted by Gasteiger charge is 1.99. The van der Waals surface area contributed by atoms with Gasteiger partial charge in [-0.05, 0) is 24.3 Å². The summed E-state index contributed by atoms with van der Waals surface area (Å²) < 4.78 is 5.34. The Hall–Kier alpha value is -1.03. The van der Waals surface area contributed by atoms with Crippen molar-refractivity contribution in [2.45, 2.75) is 6.42 Å². The summed E-state index contributed by atoms with van der Waals surface area (Å²) in [6, 6.07) is 7.10. The third-order valence-corrected chi connectivity index (χ3v) is 2.30. The summed E-state index contributed by atoms with van der Waals surface area (Å²) in [6.07, 6.45) is 0.426. The summed E-state index contributed by atoms with van der Waals surface area (Å²) in [7, 11) is 0. The molecule has 2 N–H and O–H groups in total. The van der Waals surface area contributed by atoms with Crippen molar-refractivity contribution >= 4 is 27.4 Å². The van der Waals surface area contributed by atoms with Crippen molar-refractivity contribution in [3.05, 3.63) is 24.3 Å². The van der Waals surface area contributed by atoms with Gasteiger partial charge in [-0.15, -0.1) is 0 Å². The molecule has 0 unspecified atom stereocenters. The predicted molar refractivity (Wildman–Crippen MR) is 59.8 cm³/mol. The van der Waals surface area contributed by atoms with Crippen molar-refractivity contribution in [2.75, 3.05) is 17.7 Å². The number of carbonyl (C=O) groups excluding carboxylic acids is 1. The van der Waals surface area contributed by atoms with E-state index in [1.807, 2.05) is 0 Å². The summed E-state index contributed by atoms with van der Waals surface area (Å²) >= 11 is 3.09. The van der Waals surface area contributed by atoms with E-state index in [0.29, 0.717) is 24.0 Å². The quantitative estimate of drug-likeness (QED) is 0.649. The summed E-state index contributed by atoms with van der Waals surface area (Å²) in [5, 5.41) is 0.387. The second-order valence-corrected chi connectivity index (χ2v) is 3.40. The van der Waals surface area contributed by atoms with Gasteiger partial charge in [0.25, 0.3) is 0 Å². The van der Waals surface area contributed by atoms with Crippen molar-refractivity contribution in [1.29, 1.82) is 0 Å². The van der Waals surface area contributed by atoms with Crippen LogP contribution in [0, 0.1) is 0 Å². The fraction of sp³-hybridized carbons (Fsp3) is 0.300. The maximum Gasteiger partial charge on any atom is 0.146 e. The molecule has 1 rings (SSSR count). The van der Waals surface area contributed by atoms with Gasteiger partial charge in [0.15, 0.2) is 0 Å². The Labute approximate surface area is 91.4 Å². The van der Waals surface area contributed by atoms with E-state index >= 15 is 0 Å². The first-order valence-corrected chi connectivity index (χ1v) is 5.40. The van der Waals surface area contributed by atoms with E-state index in [9.17, 15) is 4.79 Å². The number of carbonyl (C=O) groups is 1. The minimum absolute atomic E-state index is 0.139. The SMILES string of the molecule is Nc1ccc(OCCC(=O)CBr)cc1. The number of ketones is 1. The molecular formula is C10H12BrNO2. The van der Waals surface area contributed by atoms with Gasteiger partial charge in [-0.25, -0.2) is 0 Å². The van der Waals surface area contributed by atoms with E-state index in [4.69, 9.17) is 10.5 Å². The number of halogens is 1. The van der Waals surface area contributed by atoms with Crippen LogP contribution >= 0.6 is 15.9 Å². The molecule has 0 saturated heterocycles. The van der Waals surface area contributed by atoms with Crippen molar-refractivity contribution < 1.29 is 9.53 Å². The zero-order valence-electron chi connectivity index (χ0n) is 7.70. The van der Waals surface area contributed by atoms with Gasteiger partial charge < -0.3 is 10.5 Å². The number of anilines is 1. The molecule has 0 bridgehead atoms. The number of nitrogen functional groups attached to an aromatic ring is 1. The van der Waals surface area contributed by atoms with Crippen molar-refractivity contribution in [2.24, 2.45) is 0 Å². The summed E-state index contributed by atoms with van der Waals surface area (Å²) in [4.78, 5) is 10.9. The van der Waals surface area contributed by atoms with E-state index in [1.165, 1.54) is 0 Å². The molecule has 3 nitrogen and oxygen atoms in total. The molecular weight excluding hydrogens is 246 g/mol. The van der Waals surface area contributed by atoms with E-state index in [0.717, 1.165) is 5.75 Å². The Balaban J connectivity index is 2.31. The highest BCUT2D eigenvalue weighted by Crippen LogP contribution is 2.13. The van der Waals surface area contributed by atoms with Crippen LogP contribution in [0.15, 0.2) is 24.3 Å². The lowest BCUT2D eigenvalue weighted by Crippen LogP contribution is -2.06. The average molecular weight is 258 g/mol. The van der Waals surface area contributed by atoms with Crippen LogP contribution < -0.4 is 10.5 Å². The lowest BCUT2D eigenvalue weighted by molar-refractivity contribution is -0.116. The number of alkyl halides is 1. The van der Waals surface area contributed by atoms with Gasteiger partial charge >= 0.3 is 0 Å². The molecule has 0 heterocycles. The second-order valence-electron chi connectivity index (χ2n) is 2.84. The third-order valence-electron chi connectivity index (χ3n) is 1.68. The van der Waals surface area contributed by atoms with E-state index in [2.05, 4.69) is 15.9 Å². The lowest BCUT2D eigenvalue weighted by atomic mass is 10.3. The molecule has 0 aliphatic rings. The minimum Gasteiger partial charge on any atom is -0.493 e. The Morgan fingerprint density at radius 1 is 1.36 bits per heavy atom. The molecule has 0 atom stereocenters. The molecule has 0 amide bonds. The molecule has 4 heteroatoms. The van der Waals surface area contributed by atoms with Crippen LogP contribution in [0.3, 0.4) is 0 Å². The number of nitrogens with two attached hydrogens (primary N) is 1. The van der Waals surface area contributed by atoms with Crippen LogP contribution in [0.5, 0.6) is 5.75 Å². The fourth-order valence-electron chi connectivity index (χ4n) is 0.914. The highest BCUT2D eigenvalue weighted by atomic mass is 79.9. The smallest absolute Gasteiger partial charge is 0.146 e. The van der Waals surface area contributed by atoms with Gasteiger partial charge in [0.1, 0.15) is 11.5 Å². The van der Waals surface area contributed by atoms with E-state index in [-0.39, 0.29) is 5.78 Å². The molecule has 0 aliphatic heterocycles. The summed E-state index contributed by atoms with van der Waals surface area (Å²) in [6.45, 7) is 0.411. The molecule has 0 radical (unpaired) electrons. The van der Waals surface area contributed by atoms with Crippen LogP contribution in [0.2, 0.25) is 0 Å². The van der Waals surface area contributed by atoms with Gasteiger partial charge in [-0.3, -0.25) is 4.79 Å². The van der Waals surface area contributed by atoms with Gasteiger partial charge in [0, 0.05) is 12.1 Å². The maximum atomic E-state index is 10.9. The van der Waals surface area contributed by atoms with Crippen LogP contribution in [-0.4, -0.2) is 17.7 Å². The number of hydrogen-bond donors (Lipinski definition) is 1. The van der Waals surface area contributed by atoms with Crippen molar-refractivity contribution in [3.63, 3.8) is 0 Å². The van der Waals surface area contributed by atoms with Gasteiger partial charge in [0.2, 0.25) is 0 Å². The molecule has 0 fully saturated rings. The first-order chi connectivity index (χ1) is 6.72. The largest absolute Gasteiger partial charge is 0.493 e. The van der Waals surface area contributed by atoms with Crippen LogP contribution in [0.1, 0.15) is 6.42 Å². The number of Topliss-reactive ketones (excluding diaryl/α,β-unsaturated/α-hetero) is 1. The summed E-state index contributed by atoms with van der Waals surface area (Å²) in [5.74, 6) is 0.877. The Bertz CT molecular complexity index is 297. The van der Waals surface area contributed by atoms with Gasteiger partial charge in [0.05, 0.1) is 11.9 Å². The van der Waals surface area contributed by atoms with Gasteiger partial charge in [-0.2, -0.15) is 0 Å². The third kappa shape index (κ3) is 3.79. The standard InChI is InChI=1S/C10H12BrNO2/c11-7-9(13)5-6-14-10-3-1-8(12)2-4-10/h1-4H,5-7,12H2. The Morgan fingerprint density at radius 2 is 2.00 bits per heavy atom.